The molecule has 1 amide bonds. The van der Waals surface area contributed by atoms with Crippen molar-refractivity contribution in [2.75, 3.05) is 26.4 Å². The van der Waals surface area contributed by atoms with Gasteiger partial charge in [-0.2, -0.15) is 0 Å². The van der Waals surface area contributed by atoms with Crippen LogP contribution in [0.4, 0.5) is 0 Å². The van der Waals surface area contributed by atoms with Crippen molar-refractivity contribution in [3.8, 4) is 17.2 Å². The molecule has 1 aromatic carbocycles. The lowest BCUT2D eigenvalue weighted by Crippen LogP contribution is -2.58. The summed E-state index contributed by atoms with van der Waals surface area (Å²) in [5, 5.41) is 3.16. The van der Waals surface area contributed by atoms with Crippen LogP contribution in [0.5, 0.6) is 17.2 Å². The second-order valence-electron chi connectivity index (χ2n) is 6.53. The standard InChI is InChI=1S/C17H22N2O4/c1-11(23-13-2-3-15-16(8-13)22-10-21-15)17(20)18-14-9-19-6-4-12(14)5-7-19/h2-3,8,11-12,14H,4-7,9-10H2,1H3,(H,18,20). The highest BCUT2D eigenvalue weighted by molar-refractivity contribution is 5.81. The maximum absolute atomic E-state index is 12.4. The molecule has 6 nitrogen and oxygen atoms in total. The van der Waals surface area contributed by atoms with Gasteiger partial charge in [0.2, 0.25) is 6.79 Å². The Morgan fingerprint density at radius 1 is 1.30 bits per heavy atom. The van der Waals surface area contributed by atoms with Crippen molar-refractivity contribution < 1.29 is 19.0 Å². The molecule has 4 aliphatic heterocycles. The number of carbonyl (C=O) groups is 1. The Hall–Kier alpha value is -1.95. The van der Waals surface area contributed by atoms with E-state index in [9.17, 15) is 4.79 Å². The summed E-state index contributed by atoms with van der Waals surface area (Å²) in [4.78, 5) is 14.8. The number of rotatable bonds is 4. The average molecular weight is 318 g/mol. The Morgan fingerprint density at radius 2 is 2.09 bits per heavy atom. The van der Waals surface area contributed by atoms with E-state index in [1.165, 1.54) is 25.9 Å². The van der Waals surface area contributed by atoms with Gasteiger partial charge >= 0.3 is 0 Å². The molecule has 5 rings (SSSR count). The van der Waals surface area contributed by atoms with E-state index in [1.54, 1.807) is 25.1 Å². The number of benzene rings is 1. The summed E-state index contributed by atoms with van der Waals surface area (Å²) < 4.78 is 16.4. The zero-order chi connectivity index (χ0) is 15.8. The van der Waals surface area contributed by atoms with Crippen LogP contribution in [-0.2, 0) is 4.79 Å². The number of piperidine rings is 3. The van der Waals surface area contributed by atoms with E-state index in [1.807, 2.05) is 0 Å². The van der Waals surface area contributed by atoms with Crippen LogP contribution in [0.25, 0.3) is 0 Å². The van der Waals surface area contributed by atoms with Gasteiger partial charge in [0.25, 0.3) is 5.91 Å². The highest BCUT2D eigenvalue weighted by atomic mass is 16.7. The molecule has 124 valence electrons. The van der Waals surface area contributed by atoms with Gasteiger partial charge in [-0.15, -0.1) is 0 Å². The first kappa shape index (κ1) is 14.6. The number of amides is 1. The number of carbonyl (C=O) groups excluding carboxylic acids is 1. The van der Waals surface area contributed by atoms with Crippen LogP contribution in [0.2, 0.25) is 0 Å². The largest absolute Gasteiger partial charge is 0.481 e. The molecule has 0 spiro atoms. The first-order valence-corrected chi connectivity index (χ1v) is 8.28. The fraction of sp³-hybridized carbons (Fsp3) is 0.588. The Kier molecular flexibility index (Phi) is 3.77. The van der Waals surface area contributed by atoms with E-state index in [2.05, 4.69) is 10.2 Å². The Morgan fingerprint density at radius 3 is 2.83 bits per heavy atom. The highest BCUT2D eigenvalue weighted by Crippen LogP contribution is 2.35. The van der Waals surface area contributed by atoms with E-state index >= 15 is 0 Å². The van der Waals surface area contributed by atoms with Crippen LogP contribution in [-0.4, -0.2) is 49.4 Å². The Balaban J connectivity index is 1.35. The van der Waals surface area contributed by atoms with Crippen LogP contribution in [0, 0.1) is 5.92 Å². The van der Waals surface area contributed by atoms with Gasteiger partial charge in [0.15, 0.2) is 17.6 Å². The van der Waals surface area contributed by atoms with Crippen LogP contribution in [0.1, 0.15) is 19.8 Å². The van der Waals surface area contributed by atoms with E-state index in [-0.39, 0.29) is 18.7 Å². The molecule has 6 heteroatoms. The molecule has 3 fully saturated rings. The molecule has 0 radical (unpaired) electrons. The monoisotopic (exact) mass is 318 g/mol. The van der Waals surface area contributed by atoms with Gasteiger partial charge in [-0.1, -0.05) is 0 Å². The summed E-state index contributed by atoms with van der Waals surface area (Å²) in [5.41, 5.74) is 0. The molecule has 2 unspecified atom stereocenters. The molecule has 4 heterocycles. The maximum Gasteiger partial charge on any atom is 0.261 e. The van der Waals surface area contributed by atoms with Gasteiger partial charge in [0.05, 0.1) is 0 Å². The van der Waals surface area contributed by atoms with Crippen molar-refractivity contribution in [2.24, 2.45) is 5.92 Å². The van der Waals surface area contributed by atoms with Crippen molar-refractivity contribution in [3.05, 3.63) is 18.2 Å². The number of fused-ring (bicyclic) bond motifs is 4. The molecule has 0 aliphatic carbocycles. The van der Waals surface area contributed by atoms with Crippen molar-refractivity contribution in [2.45, 2.75) is 31.9 Å². The minimum atomic E-state index is -0.536. The molecule has 2 atom stereocenters. The summed E-state index contributed by atoms with van der Waals surface area (Å²) in [5.74, 6) is 2.54. The van der Waals surface area contributed by atoms with Gasteiger partial charge < -0.3 is 24.4 Å². The smallest absolute Gasteiger partial charge is 0.261 e. The minimum absolute atomic E-state index is 0.0542. The molecule has 0 saturated carbocycles. The Bertz CT molecular complexity index is 598. The maximum atomic E-state index is 12.4. The summed E-state index contributed by atoms with van der Waals surface area (Å²) in [6.45, 7) is 5.31. The van der Waals surface area contributed by atoms with Crippen molar-refractivity contribution in [1.29, 1.82) is 0 Å². The lowest BCUT2D eigenvalue weighted by molar-refractivity contribution is -0.129. The van der Waals surface area contributed by atoms with Crippen LogP contribution < -0.4 is 19.5 Å². The molecular weight excluding hydrogens is 296 g/mol. The zero-order valence-electron chi connectivity index (χ0n) is 13.3. The van der Waals surface area contributed by atoms with E-state index in [0.29, 0.717) is 23.2 Å². The lowest BCUT2D eigenvalue weighted by atomic mass is 9.84. The summed E-state index contributed by atoms with van der Waals surface area (Å²) in [6.07, 6.45) is 1.83. The molecule has 23 heavy (non-hydrogen) atoms. The van der Waals surface area contributed by atoms with Gasteiger partial charge in [-0.3, -0.25) is 4.79 Å². The third kappa shape index (κ3) is 2.95. The van der Waals surface area contributed by atoms with Crippen molar-refractivity contribution in [1.82, 2.24) is 10.2 Å². The number of nitrogens with one attached hydrogen (secondary N) is 1. The van der Waals surface area contributed by atoms with E-state index in [0.717, 1.165) is 6.54 Å². The summed E-state index contributed by atoms with van der Waals surface area (Å²) in [6, 6.07) is 5.62. The normalized spacial score (nSPS) is 29.2. The fourth-order valence-corrected chi connectivity index (χ4v) is 3.64. The predicted molar refractivity (Wildman–Crippen MR) is 83.7 cm³/mol. The van der Waals surface area contributed by atoms with Gasteiger partial charge in [-0.05, 0) is 50.9 Å². The number of hydrogen-bond acceptors (Lipinski definition) is 5. The van der Waals surface area contributed by atoms with E-state index < -0.39 is 6.10 Å². The lowest BCUT2D eigenvalue weighted by Gasteiger charge is -2.45. The molecule has 2 bridgehead atoms. The zero-order valence-corrected chi connectivity index (χ0v) is 13.3. The quantitative estimate of drug-likeness (QED) is 0.909. The number of nitrogens with zero attached hydrogens (tertiary/aromatic N) is 1. The Labute approximate surface area is 135 Å². The fourth-order valence-electron chi connectivity index (χ4n) is 3.64. The molecule has 0 aromatic heterocycles. The second-order valence-corrected chi connectivity index (χ2v) is 6.53. The molecular formula is C17H22N2O4. The molecule has 1 aromatic rings. The second kappa shape index (κ2) is 5.92. The van der Waals surface area contributed by atoms with Crippen LogP contribution in [0.15, 0.2) is 18.2 Å². The molecule has 1 N–H and O–H groups in total. The third-order valence-corrected chi connectivity index (χ3v) is 5.01. The highest BCUT2D eigenvalue weighted by Gasteiger charge is 2.35. The van der Waals surface area contributed by atoms with Gasteiger partial charge in [0.1, 0.15) is 5.75 Å². The van der Waals surface area contributed by atoms with Crippen molar-refractivity contribution >= 4 is 5.91 Å². The molecule has 3 saturated heterocycles. The number of hydrogen-bond donors (Lipinski definition) is 1. The topological polar surface area (TPSA) is 60.0 Å². The first-order chi connectivity index (χ1) is 11.2. The molecule has 4 aliphatic rings. The third-order valence-electron chi connectivity index (χ3n) is 5.01. The minimum Gasteiger partial charge on any atom is -0.481 e. The first-order valence-electron chi connectivity index (χ1n) is 8.28. The van der Waals surface area contributed by atoms with Crippen molar-refractivity contribution in [3.63, 3.8) is 0 Å². The number of ether oxygens (including phenoxy) is 3. The van der Waals surface area contributed by atoms with Crippen LogP contribution in [0.3, 0.4) is 0 Å². The summed E-state index contributed by atoms with van der Waals surface area (Å²) in [7, 11) is 0. The van der Waals surface area contributed by atoms with E-state index in [4.69, 9.17) is 14.2 Å². The predicted octanol–water partition coefficient (Wildman–Crippen LogP) is 1.39. The SMILES string of the molecule is CC(Oc1ccc2c(c1)OCO2)C(=O)NC1CN2CCC1CC2. The van der Waals surface area contributed by atoms with Gasteiger partial charge in [0, 0.05) is 18.7 Å². The average Bonchev–Trinajstić information content (AvgIpc) is 3.03. The van der Waals surface area contributed by atoms with Crippen LogP contribution >= 0.6 is 0 Å². The van der Waals surface area contributed by atoms with Gasteiger partial charge in [-0.25, -0.2) is 0 Å². The summed E-state index contributed by atoms with van der Waals surface area (Å²) >= 11 is 0.